The highest BCUT2D eigenvalue weighted by molar-refractivity contribution is 5.94. The lowest BCUT2D eigenvalue weighted by molar-refractivity contribution is -0.274. The highest BCUT2D eigenvalue weighted by Gasteiger charge is 2.38. The molecule has 170 valence electrons. The average Bonchev–Trinajstić information content (AvgIpc) is 2.79. The number of likely N-dealkylation sites (tertiary alicyclic amines) is 1. The summed E-state index contributed by atoms with van der Waals surface area (Å²) in [6.07, 6.45) is -3.91. The Balaban J connectivity index is 1.48. The molecule has 0 saturated carbocycles. The van der Waals surface area contributed by atoms with Gasteiger partial charge in [0.25, 0.3) is 11.5 Å². The quantitative estimate of drug-likeness (QED) is 0.578. The number of halogens is 3. The van der Waals surface area contributed by atoms with E-state index in [1.165, 1.54) is 18.2 Å². The van der Waals surface area contributed by atoms with Crippen LogP contribution in [0.2, 0.25) is 0 Å². The van der Waals surface area contributed by atoms with E-state index in [0.29, 0.717) is 30.8 Å². The van der Waals surface area contributed by atoms with Gasteiger partial charge in [0.2, 0.25) is 0 Å². The van der Waals surface area contributed by atoms with Crippen LogP contribution < -0.4 is 10.3 Å². The fourth-order valence-corrected chi connectivity index (χ4v) is 5.02. The molecule has 1 aromatic heterocycles. The standard InChI is InChI=1S/C25H21F3N2O3/c26-25(27,28)33-20-8-6-17(7-9-20)21-10-11-22(31)30-14-16-12-19(23(21)30)15-29(13-16)24(32)18-4-2-1-3-5-18/h1-11,16,19H,12-15H2/t16-,19-/m1/s1. The van der Waals surface area contributed by atoms with Crippen LogP contribution in [0, 0.1) is 5.92 Å². The van der Waals surface area contributed by atoms with Crippen LogP contribution in [-0.2, 0) is 6.54 Å². The Morgan fingerprint density at radius 3 is 2.33 bits per heavy atom. The summed E-state index contributed by atoms with van der Waals surface area (Å²) < 4.78 is 43.3. The molecule has 1 fully saturated rings. The number of carbonyl (C=O) groups is 1. The van der Waals surface area contributed by atoms with Crippen LogP contribution in [0.15, 0.2) is 71.5 Å². The third kappa shape index (κ3) is 4.25. The number of alkyl halides is 3. The van der Waals surface area contributed by atoms with Crippen molar-refractivity contribution in [2.75, 3.05) is 13.1 Å². The van der Waals surface area contributed by atoms with Gasteiger partial charge in [0.05, 0.1) is 0 Å². The maximum Gasteiger partial charge on any atom is 0.573 e. The molecule has 2 bridgehead atoms. The van der Waals surface area contributed by atoms with Gasteiger partial charge in [-0.2, -0.15) is 0 Å². The van der Waals surface area contributed by atoms with Crippen molar-refractivity contribution >= 4 is 5.91 Å². The minimum atomic E-state index is -4.76. The average molecular weight is 454 g/mol. The minimum absolute atomic E-state index is 0.0350. The third-order valence-corrected chi connectivity index (χ3v) is 6.30. The molecule has 0 unspecified atom stereocenters. The largest absolute Gasteiger partial charge is 0.573 e. The molecule has 33 heavy (non-hydrogen) atoms. The monoisotopic (exact) mass is 454 g/mol. The summed E-state index contributed by atoms with van der Waals surface area (Å²) in [7, 11) is 0. The third-order valence-electron chi connectivity index (χ3n) is 6.30. The molecule has 2 aliphatic rings. The van der Waals surface area contributed by atoms with E-state index in [-0.39, 0.29) is 29.1 Å². The number of hydrogen-bond acceptors (Lipinski definition) is 3. The number of rotatable bonds is 3. The molecule has 1 saturated heterocycles. The minimum Gasteiger partial charge on any atom is -0.406 e. The lowest BCUT2D eigenvalue weighted by Crippen LogP contribution is -2.49. The number of benzene rings is 2. The molecule has 2 atom stereocenters. The van der Waals surface area contributed by atoms with Gasteiger partial charge in [-0.1, -0.05) is 30.3 Å². The topological polar surface area (TPSA) is 51.5 Å². The molecule has 2 aromatic carbocycles. The van der Waals surface area contributed by atoms with Gasteiger partial charge in [0.1, 0.15) is 5.75 Å². The van der Waals surface area contributed by atoms with E-state index in [0.717, 1.165) is 17.7 Å². The second-order valence-corrected chi connectivity index (χ2v) is 8.53. The van der Waals surface area contributed by atoms with E-state index >= 15 is 0 Å². The molecule has 1 amide bonds. The van der Waals surface area contributed by atoms with Gasteiger partial charge in [-0.15, -0.1) is 13.2 Å². The van der Waals surface area contributed by atoms with Gasteiger partial charge in [0, 0.05) is 48.4 Å². The number of aromatic nitrogens is 1. The maximum absolute atomic E-state index is 13.1. The Hall–Kier alpha value is -3.55. The van der Waals surface area contributed by atoms with Crippen LogP contribution in [0.1, 0.15) is 28.4 Å². The van der Waals surface area contributed by atoms with Crippen molar-refractivity contribution in [2.45, 2.75) is 25.2 Å². The zero-order valence-corrected chi connectivity index (χ0v) is 17.6. The Morgan fingerprint density at radius 2 is 1.64 bits per heavy atom. The second-order valence-electron chi connectivity index (χ2n) is 8.53. The summed E-state index contributed by atoms with van der Waals surface area (Å²) >= 11 is 0. The van der Waals surface area contributed by atoms with Gasteiger partial charge in [-0.25, -0.2) is 0 Å². The molecule has 3 heterocycles. The summed E-state index contributed by atoms with van der Waals surface area (Å²) in [5, 5.41) is 0. The molecule has 5 rings (SSSR count). The van der Waals surface area contributed by atoms with Crippen LogP contribution >= 0.6 is 0 Å². The predicted octanol–water partition coefficient (Wildman–Crippen LogP) is 4.67. The molecule has 3 aromatic rings. The number of nitrogens with zero attached hydrogens (tertiary/aromatic N) is 2. The van der Waals surface area contributed by atoms with Gasteiger partial charge in [0.15, 0.2) is 0 Å². The molecular formula is C25H21F3N2O3. The van der Waals surface area contributed by atoms with Crippen molar-refractivity contribution in [1.82, 2.24) is 9.47 Å². The first kappa shape index (κ1) is 21.3. The van der Waals surface area contributed by atoms with Crippen LogP contribution in [-0.4, -0.2) is 34.8 Å². The van der Waals surface area contributed by atoms with Crippen LogP contribution in [0.3, 0.4) is 0 Å². The van der Waals surface area contributed by atoms with E-state index < -0.39 is 6.36 Å². The van der Waals surface area contributed by atoms with Crippen LogP contribution in [0.25, 0.3) is 11.1 Å². The van der Waals surface area contributed by atoms with Crippen molar-refractivity contribution < 1.29 is 22.7 Å². The molecule has 0 spiro atoms. The highest BCUT2D eigenvalue weighted by Crippen LogP contribution is 2.40. The maximum atomic E-state index is 13.1. The van der Waals surface area contributed by atoms with Gasteiger partial charge in [-0.05, 0) is 48.2 Å². The molecule has 0 aliphatic carbocycles. The zero-order valence-electron chi connectivity index (χ0n) is 17.6. The molecule has 0 N–H and O–H groups in total. The summed E-state index contributed by atoms with van der Waals surface area (Å²) in [6.45, 7) is 1.58. The summed E-state index contributed by atoms with van der Waals surface area (Å²) in [4.78, 5) is 27.6. The van der Waals surface area contributed by atoms with E-state index in [2.05, 4.69) is 4.74 Å². The molecule has 2 aliphatic heterocycles. The Morgan fingerprint density at radius 1 is 0.909 bits per heavy atom. The van der Waals surface area contributed by atoms with Crippen LogP contribution in [0.5, 0.6) is 5.75 Å². The van der Waals surface area contributed by atoms with Gasteiger partial charge in [-0.3, -0.25) is 9.59 Å². The first-order valence-electron chi connectivity index (χ1n) is 10.7. The number of pyridine rings is 1. The van der Waals surface area contributed by atoms with E-state index in [4.69, 9.17) is 0 Å². The Kier molecular flexibility index (Phi) is 5.23. The first-order chi connectivity index (χ1) is 15.8. The van der Waals surface area contributed by atoms with Crippen molar-refractivity contribution in [3.8, 4) is 16.9 Å². The molecule has 8 heteroatoms. The number of fused-ring (bicyclic) bond motifs is 4. The molecule has 5 nitrogen and oxygen atoms in total. The van der Waals surface area contributed by atoms with Gasteiger partial charge >= 0.3 is 6.36 Å². The fraction of sp³-hybridized carbons (Fsp3) is 0.280. The predicted molar refractivity (Wildman–Crippen MR) is 116 cm³/mol. The lowest BCUT2D eigenvalue weighted by Gasteiger charge is -2.43. The zero-order chi connectivity index (χ0) is 23.2. The van der Waals surface area contributed by atoms with Crippen molar-refractivity contribution in [2.24, 2.45) is 5.92 Å². The Bertz CT molecular complexity index is 1240. The van der Waals surface area contributed by atoms with E-state index in [9.17, 15) is 22.8 Å². The van der Waals surface area contributed by atoms with E-state index in [1.54, 1.807) is 34.9 Å². The summed E-state index contributed by atoms with van der Waals surface area (Å²) in [6, 6.07) is 18.0. The summed E-state index contributed by atoms with van der Waals surface area (Å²) in [5.41, 5.74) is 2.82. The number of carbonyl (C=O) groups excluding carboxylic acids is 1. The van der Waals surface area contributed by atoms with E-state index in [1.807, 2.05) is 23.1 Å². The Labute approximate surface area is 188 Å². The molecular weight excluding hydrogens is 433 g/mol. The molecule has 0 radical (unpaired) electrons. The number of ether oxygens (including phenoxy) is 1. The van der Waals surface area contributed by atoms with Gasteiger partial charge < -0.3 is 14.2 Å². The smallest absolute Gasteiger partial charge is 0.406 e. The lowest BCUT2D eigenvalue weighted by atomic mass is 9.80. The summed E-state index contributed by atoms with van der Waals surface area (Å²) in [5.74, 6) is -0.211. The fourth-order valence-electron chi connectivity index (χ4n) is 5.02. The SMILES string of the molecule is O=C(c1ccccc1)N1C[C@H]2C[C@H](C1)c1c(-c3ccc(OC(F)(F)F)cc3)ccc(=O)n1C2. The number of hydrogen-bond donors (Lipinski definition) is 0. The van der Waals surface area contributed by atoms with Crippen molar-refractivity contribution in [3.05, 3.63) is 88.3 Å². The van der Waals surface area contributed by atoms with Crippen molar-refractivity contribution in [1.29, 1.82) is 0 Å². The van der Waals surface area contributed by atoms with Crippen LogP contribution in [0.4, 0.5) is 13.2 Å². The second kappa shape index (κ2) is 8.10. The normalized spacial score (nSPS) is 19.7. The number of amides is 1. The van der Waals surface area contributed by atoms with Crippen molar-refractivity contribution in [3.63, 3.8) is 0 Å². The highest BCUT2D eigenvalue weighted by atomic mass is 19.4. The first-order valence-corrected chi connectivity index (χ1v) is 10.7. The number of piperidine rings is 1.